The van der Waals surface area contributed by atoms with Crippen LogP contribution >= 0.6 is 7.82 Å². The van der Waals surface area contributed by atoms with Gasteiger partial charge in [-0.1, -0.05) is 60.7 Å². The lowest BCUT2D eigenvalue weighted by Gasteiger charge is -2.20. The van der Waals surface area contributed by atoms with Gasteiger partial charge in [0.1, 0.15) is 0 Å². The van der Waals surface area contributed by atoms with Gasteiger partial charge in [0, 0.05) is 13.0 Å². The van der Waals surface area contributed by atoms with Crippen molar-refractivity contribution in [3.63, 3.8) is 0 Å². The highest BCUT2D eigenvalue weighted by Gasteiger charge is 2.31. The van der Waals surface area contributed by atoms with Crippen molar-refractivity contribution in [1.82, 2.24) is 5.32 Å². The summed E-state index contributed by atoms with van der Waals surface area (Å²) in [6.45, 7) is -0.177. The molecule has 1 amide bonds. The Hall–Kier alpha value is -2.51. The predicted octanol–water partition coefficient (Wildman–Crippen LogP) is 2.56. The number of hydrogen-bond acceptors (Lipinski definition) is 5. The van der Waals surface area contributed by atoms with Crippen LogP contribution in [0.25, 0.3) is 0 Å². The molecule has 0 aliphatic rings. The summed E-state index contributed by atoms with van der Waals surface area (Å²) in [4.78, 5) is 33.0. The third-order valence-electron chi connectivity index (χ3n) is 3.94. The maximum Gasteiger partial charge on any atom is 0.472 e. The quantitative estimate of drug-likeness (QED) is 0.450. The van der Waals surface area contributed by atoms with Crippen LogP contribution in [0, 0.1) is 0 Å². The van der Waals surface area contributed by atoms with Gasteiger partial charge in [0.05, 0.1) is 13.0 Å². The van der Waals surface area contributed by atoms with Crippen molar-refractivity contribution in [3.05, 3.63) is 71.8 Å². The topological polar surface area (TPSA) is 122 Å². The molecule has 9 heteroatoms. The second-order valence-corrected chi connectivity index (χ2v) is 7.66. The number of carboxylic acid groups (broad SMARTS) is 1. The molecule has 29 heavy (non-hydrogen) atoms. The summed E-state index contributed by atoms with van der Waals surface area (Å²) in [5, 5.41) is 11.1. The molecule has 0 saturated carbocycles. The van der Waals surface area contributed by atoms with Gasteiger partial charge in [0.25, 0.3) is 0 Å². The van der Waals surface area contributed by atoms with Gasteiger partial charge in [-0.2, -0.15) is 0 Å². The highest BCUT2D eigenvalue weighted by atomic mass is 31.2. The minimum atomic E-state index is -4.50. The maximum absolute atomic E-state index is 12.4. The molecule has 1 unspecified atom stereocenters. The van der Waals surface area contributed by atoms with E-state index in [1.165, 1.54) is 0 Å². The van der Waals surface area contributed by atoms with Crippen LogP contribution in [0.15, 0.2) is 60.7 Å². The highest BCUT2D eigenvalue weighted by Crippen LogP contribution is 2.45. The van der Waals surface area contributed by atoms with Gasteiger partial charge in [0.2, 0.25) is 5.91 Å². The molecule has 2 rings (SSSR count). The standard InChI is InChI=1S/C20H24NO7P/c22-19(23)11-13-21-20(24)18(15-17-9-5-2-6-10-17)28-29(25,26)27-14-12-16-7-3-1-4-8-16/h1-10,18H,11-15H2,(H,21,24)(H,22,23)(H,25,26)/t18-/m0/s1. The summed E-state index contributed by atoms with van der Waals surface area (Å²) in [7, 11) is -4.50. The number of hydrogen-bond donors (Lipinski definition) is 3. The van der Waals surface area contributed by atoms with E-state index in [1.807, 2.05) is 30.3 Å². The largest absolute Gasteiger partial charge is 0.481 e. The van der Waals surface area contributed by atoms with Crippen LogP contribution < -0.4 is 5.32 Å². The zero-order chi connectivity index (χ0) is 21.1. The second-order valence-electron chi connectivity index (χ2n) is 6.26. The first-order valence-electron chi connectivity index (χ1n) is 9.09. The first kappa shape index (κ1) is 22.8. The van der Waals surface area contributed by atoms with E-state index in [-0.39, 0.29) is 26.0 Å². The lowest BCUT2D eigenvalue weighted by molar-refractivity contribution is -0.137. The molecule has 156 valence electrons. The Balaban J connectivity index is 1.97. The molecule has 0 heterocycles. The zero-order valence-electron chi connectivity index (χ0n) is 15.8. The van der Waals surface area contributed by atoms with Crippen LogP contribution in [0.5, 0.6) is 0 Å². The fourth-order valence-corrected chi connectivity index (χ4v) is 3.40. The van der Waals surface area contributed by atoms with Crippen molar-refractivity contribution in [2.45, 2.75) is 25.4 Å². The molecule has 3 N–H and O–H groups in total. The van der Waals surface area contributed by atoms with E-state index < -0.39 is 25.8 Å². The number of nitrogens with one attached hydrogen (secondary N) is 1. The Bertz CT molecular complexity index is 829. The minimum absolute atomic E-state index is 0.0341. The lowest BCUT2D eigenvalue weighted by atomic mass is 10.1. The Labute approximate surface area is 169 Å². The van der Waals surface area contributed by atoms with Gasteiger partial charge >= 0.3 is 13.8 Å². The second kappa shape index (κ2) is 11.5. The van der Waals surface area contributed by atoms with Crippen LogP contribution in [-0.4, -0.2) is 41.1 Å². The van der Waals surface area contributed by atoms with E-state index in [0.29, 0.717) is 6.42 Å². The van der Waals surface area contributed by atoms with E-state index in [1.54, 1.807) is 30.3 Å². The fraction of sp³-hybridized carbons (Fsp3) is 0.300. The molecular weight excluding hydrogens is 397 g/mol. The lowest BCUT2D eigenvalue weighted by Crippen LogP contribution is -2.38. The smallest absolute Gasteiger partial charge is 0.472 e. The molecule has 2 aromatic rings. The van der Waals surface area contributed by atoms with Crippen molar-refractivity contribution >= 4 is 19.7 Å². The van der Waals surface area contributed by atoms with Crippen LogP contribution in [0.4, 0.5) is 0 Å². The first-order valence-corrected chi connectivity index (χ1v) is 10.6. The van der Waals surface area contributed by atoms with Gasteiger partial charge in [0.15, 0.2) is 6.10 Å². The number of aliphatic carboxylic acids is 1. The third-order valence-corrected chi connectivity index (χ3v) is 4.97. The number of phosphoric acid groups is 1. The van der Waals surface area contributed by atoms with Crippen molar-refractivity contribution in [1.29, 1.82) is 0 Å². The normalized spacial score (nSPS) is 14.0. The summed E-state index contributed by atoms with van der Waals surface area (Å²) < 4.78 is 22.5. The Kier molecular flexibility index (Phi) is 9.02. The van der Waals surface area contributed by atoms with Gasteiger partial charge in [-0.05, 0) is 17.5 Å². The predicted molar refractivity (Wildman–Crippen MR) is 106 cm³/mol. The Morgan fingerprint density at radius 3 is 2.17 bits per heavy atom. The molecule has 0 aliphatic carbocycles. The number of rotatable bonds is 12. The van der Waals surface area contributed by atoms with E-state index in [0.717, 1.165) is 11.1 Å². The Morgan fingerprint density at radius 1 is 1.00 bits per heavy atom. The number of benzene rings is 2. The molecule has 0 aromatic heterocycles. The summed E-state index contributed by atoms with van der Waals surface area (Å²) in [5.41, 5.74) is 1.65. The highest BCUT2D eigenvalue weighted by molar-refractivity contribution is 7.47. The monoisotopic (exact) mass is 421 g/mol. The van der Waals surface area contributed by atoms with Crippen LogP contribution in [0.1, 0.15) is 17.5 Å². The average Bonchev–Trinajstić information content (AvgIpc) is 2.68. The molecule has 0 saturated heterocycles. The van der Waals surface area contributed by atoms with Gasteiger partial charge in [-0.15, -0.1) is 0 Å². The molecule has 0 bridgehead atoms. The van der Waals surface area contributed by atoms with E-state index in [4.69, 9.17) is 14.2 Å². The average molecular weight is 421 g/mol. The molecule has 8 nitrogen and oxygen atoms in total. The number of carboxylic acids is 1. The number of carbonyl (C=O) groups excluding carboxylic acids is 1. The van der Waals surface area contributed by atoms with Crippen molar-refractivity contribution < 1.29 is 33.2 Å². The first-order chi connectivity index (χ1) is 13.9. The molecule has 0 fully saturated rings. The van der Waals surface area contributed by atoms with Crippen LogP contribution in [0.3, 0.4) is 0 Å². The molecule has 0 aliphatic heterocycles. The van der Waals surface area contributed by atoms with Crippen molar-refractivity contribution in [3.8, 4) is 0 Å². The van der Waals surface area contributed by atoms with Crippen molar-refractivity contribution in [2.75, 3.05) is 13.2 Å². The fourth-order valence-electron chi connectivity index (χ4n) is 2.53. The summed E-state index contributed by atoms with van der Waals surface area (Å²) in [5.74, 6) is -1.75. The summed E-state index contributed by atoms with van der Waals surface area (Å²) in [6, 6.07) is 18.1. The Morgan fingerprint density at radius 2 is 1.59 bits per heavy atom. The number of phosphoric ester groups is 1. The minimum Gasteiger partial charge on any atom is -0.481 e. The summed E-state index contributed by atoms with van der Waals surface area (Å²) in [6.07, 6.45) is -1.14. The third kappa shape index (κ3) is 9.02. The zero-order valence-corrected chi connectivity index (χ0v) is 16.7. The molecule has 2 aromatic carbocycles. The van der Waals surface area contributed by atoms with E-state index in [2.05, 4.69) is 5.32 Å². The maximum atomic E-state index is 12.4. The van der Waals surface area contributed by atoms with E-state index >= 15 is 0 Å². The van der Waals surface area contributed by atoms with Gasteiger partial charge < -0.3 is 15.3 Å². The van der Waals surface area contributed by atoms with Crippen molar-refractivity contribution in [2.24, 2.45) is 0 Å². The SMILES string of the molecule is O=C(O)CCNC(=O)[C@H](Cc1ccccc1)OP(=O)(O)OCCc1ccccc1. The van der Waals surface area contributed by atoms with Gasteiger partial charge in [-0.25, -0.2) is 4.57 Å². The molecule has 2 atom stereocenters. The number of amides is 1. The van der Waals surface area contributed by atoms with Crippen LogP contribution in [-0.2, 0) is 36.0 Å². The number of carbonyl (C=O) groups is 2. The van der Waals surface area contributed by atoms with E-state index in [9.17, 15) is 19.0 Å². The molecular formula is C20H24NO7P. The molecule has 0 radical (unpaired) electrons. The van der Waals surface area contributed by atoms with Crippen LogP contribution in [0.2, 0.25) is 0 Å². The van der Waals surface area contributed by atoms with Gasteiger partial charge in [-0.3, -0.25) is 18.6 Å². The molecule has 0 spiro atoms. The summed E-state index contributed by atoms with van der Waals surface area (Å²) >= 11 is 0.